The zero-order valence-corrected chi connectivity index (χ0v) is 9.42. The van der Waals surface area contributed by atoms with E-state index >= 15 is 0 Å². The van der Waals surface area contributed by atoms with Gasteiger partial charge in [0.05, 0.1) is 5.56 Å². The van der Waals surface area contributed by atoms with Crippen molar-refractivity contribution in [1.82, 2.24) is 0 Å². The highest BCUT2D eigenvalue weighted by atomic mass is 16.1. The zero-order valence-electron chi connectivity index (χ0n) is 9.42. The fraction of sp³-hybridized carbons (Fsp3) is 0.417. The predicted octanol–water partition coefficient (Wildman–Crippen LogP) is 1.72. The first-order valence-corrected chi connectivity index (χ1v) is 5.48. The summed E-state index contributed by atoms with van der Waals surface area (Å²) in [7, 11) is 0. The summed E-state index contributed by atoms with van der Waals surface area (Å²) in [5, 5.41) is 3.36. The van der Waals surface area contributed by atoms with Crippen LogP contribution in [0.25, 0.3) is 0 Å². The minimum Gasteiger partial charge on any atom is -0.399 e. The Labute approximate surface area is 95.0 Å². The number of hydrogen-bond acceptors (Lipinski definition) is 3. The van der Waals surface area contributed by atoms with Gasteiger partial charge in [0.25, 0.3) is 5.91 Å². The molecule has 1 fully saturated rings. The standard InChI is InChI=1S/C12H17N3O/c1-12(5-2-6-12)15-10-7-8(13)3-4-9(10)11(14)16/h3-4,7,15H,2,5-6,13H2,1H3,(H2,14,16). The van der Waals surface area contributed by atoms with E-state index in [4.69, 9.17) is 11.5 Å². The largest absolute Gasteiger partial charge is 0.399 e. The fourth-order valence-electron chi connectivity index (χ4n) is 2.04. The number of hydrogen-bond donors (Lipinski definition) is 3. The second kappa shape index (κ2) is 3.70. The third-order valence-corrected chi connectivity index (χ3v) is 3.20. The first-order chi connectivity index (χ1) is 7.50. The smallest absolute Gasteiger partial charge is 0.250 e. The van der Waals surface area contributed by atoms with Crippen LogP contribution >= 0.6 is 0 Å². The average molecular weight is 219 g/mol. The van der Waals surface area contributed by atoms with Crippen molar-refractivity contribution in [2.75, 3.05) is 11.1 Å². The molecular weight excluding hydrogens is 202 g/mol. The van der Waals surface area contributed by atoms with E-state index in [1.54, 1.807) is 18.2 Å². The normalized spacial score (nSPS) is 17.6. The van der Waals surface area contributed by atoms with E-state index in [1.165, 1.54) is 6.42 Å². The summed E-state index contributed by atoms with van der Waals surface area (Å²) in [6.45, 7) is 2.14. The molecule has 1 aliphatic rings. The van der Waals surface area contributed by atoms with E-state index in [0.29, 0.717) is 11.3 Å². The SMILES string of the molecule is CC1(Nc2cc(N)ccc2C(N)=O)CCC1. The molecule has 0 aromatic heterocycles. The number of benzene rings is 1. The van der Waals surface area contributed by atoms with E-state index in [-0.39, 0.29) is 5.54 Å². The van der Waals surface area contributed by atoms with E-state index in [2.05, 4.69) is 12.2 Å². The zero-order chi connectivity index (χ0) is 11.8. The van der Waals surface area contributed by atoms with E-state index in [9.17, 15) is 4.79 Å². The maximum atomic E-state index is 11.3. The molecule has 2 rings (SSSR count). The molecule has 1 aliphatic carbocycles. The van der Waals surface area contributed by atoms with Crippen LogP contribution in [-0.4, -0.2) is 11.4 Å². The van der Waals surface area contributed by atoms with Crippen molar-refractivity contribution in [2.24, 2.45) is 5.73 Å². The van der Waals surface area contributed by atoms with Crippen molar-refractivity contribution in [3.05, 3.63) is 23.8 Å². The highest BCUT2D eigenvalue weighted by Gasteiger charge is 2.32. The second-order valence-electron chi connectivity index (χ2n) is 4.71. The first-order valence-electron chi connectivity index (χ1n) is 5.48. The van der Waals surface area contributed by atoms with Crippen molar-refractivity contribution >= 4 is 17.3 Å². The molecule has 1 aromatic rings. The molecule has 1 aromatic carbocycles. The van der Waals surface area contributed by atoms with Gasteiger partial charge in [0.15, 0.2) is 0 Å². The number of nitrogens with one attached hydrogen (secondary N) is 1. The van der Waals surface area contributed by atoms with Gasteiger partial charge in [-0.1, -0.05) is 0 Å². The maximum absolute atomic E-state index is 11.3. The fourth-order valence-corrected chi connectivity index (χ4v) is 2.04. The molecule has 0 heterocycles. The van der Waals surface area contributed by atoms with Crippen LogP contribution in [0.4, 0.5) is 11.4 Å². The van der Waals surface area contributed by atoms with Gasteiger partial charge >= 0.3 is 0 Å². The lowest BCUT2D eigenvalue weighted by Gasteiger charge is -2.40. The lowest BCUT2D eigenvalue weighted by molar-refractivity contribution is 0.100. The third kappa shape index (κ3) is 1.96. The molecule has 0 spiro atoms. The molecule has 16 heavy (non-hydrogen) atoms. The van der Waals surface area contributed by atoms with E-state index < -0.39 is 5.91 Å². The summed E-state index contributed by atoms with van der Waals surface area (Å²) in [6.07, 6.45) is 3.44. The van der Waals surface area contributed by atoms with Crippen LogP contribution in [0.2, 0.25) is 0 Å². The monoisotopic (exact) mass is 219 g/mol. The molecule has 1 saturated carbocycles. The third-order valence-electron chi connectivity index (χ3n) is 3.20. The minimum absolute atomic E-state index is 0.0813. The van der Waals surface area contributed by atoms with Gasteiger partial charge in [-0.2, -0.15) is 0 Å². The Kier molecular flexibility index (Phi) is 2.50. The van der Waals surface area contributed by atoms with Gasteiger partial charge in [-0.05, 0) is 44.4 Å². The lowest BCUT2D eigenvalue weighted by atomic mass is 9.78. The maximum Gasteiger partial charge on any atom is 0.250 e. The highest BCUT2D eigenvalue weighted by Crippen LogP contribution is 2.35. The van der Waals surface area contributed by atoms with Crippen molar-refractivity contribution in [1.29, 1.82) is 0 Å². The molecule has 1 amide bonds. The number of carbonyl (C=O) groups excluding carboxylic acids is 1. The molecule has 0 atom stereocenters. The predicted molar refractivity (Wildman–Crippen MR) is 65.3 cm³/mol. The molecule has 4 nitrogen and oxygen atoms in total. The lowest BCUT2D eigenvalue weighted by Crippen LogP contribution is -2.42. The van der Waals surface area contributed by atoms with Gasteiger partial charge in [-0.25, -0.2) is 0 Å². The van der Waals surface area contributed by atoms with Gasteiger partial charge in [-0.15, -0.1) is 0 Å². The highest BCUT2D eigenvalue weighted by molar-refractivity contribution is 5.99. The second-order valence-corrected chi connectivity index (χ2v) is 4.71. The van der Waals surface area contributed by atoms with Gasteiger partial charge < -0.3 is 16.8 Å². The van der Waals surface area contributed by atoms with Gasteiger partial charge in [-0.3, -0.25) is 4.79 Å². The molecule has 0 aliphatic heterocycles. The minimum atomic E-state index is -0.426. The van der Waals surface area contributed by atoms with Crippen LogP contribution in [-0.2, 0) is 0 Å². The number of nitrogens with two attached hydrogens (primary N) is 2. The summed E-state index contributed by atoms with van der Waals surface area (Å²) in [4.78, 5) is 11.3. The summed E-state index contributed by atoms with van der Waals surface area (Å²) >= 11 is 0. The first kappa shape index (κ1) is 10.8. The number of amides is 1. The summed E-state index contributed by atoms with van der Waals surface area (Å²) < 4.78 is 0. The molecule has 86 valence electrons. The Balaban J connectivity index is 2.30. The van der Waals surface area contributed by atoms with Crippen molar-refractivity contribution in [3.63, 3.8) is 0 Å². The Morgan fingerprint density at radius 2 is 2.12 bits per heavy atom. The molecule has 5 N–H and O–H groups in total. The Hall–Kier alpha value is -1.71. The quantitative estimate of drug-likeness (QED) is 0.677. The van der Waals surface area contributed by atoms with Crippen molar-refractivity contribution < 1.29 is 4.79 Å². The van der Waals surface area contributed by atoms with Crippen LogP contribution < -0.4 is 16.8 Å². The Bertz CT molecular complexity index is 424. The van der Waals surface area contributed by atoms with E-state index in [0.717, 1.165) is 18.5 Å². The Morgan fingerprint density at radius 1 is 1.44 bits per heavy atom. The topological polar surface area (TPSA) is 81.1 Å². The number of nitrogen functional groups attached to an aromatic ring is 1. The van der Waals surface area contributed by atoms with Crippen LogP contribution in [0.1, 0.15) is 36.5 Å². The summed E-state index contributed by atoms with van der Waals surface area (Å²) in [5.41, 5.74) is 13.0. The number of carbonyl (C=O) groups is 1. The molecular formula is C12H17N3O. The van der Waals surface area contributed by atoms with Crippen LogP contribution in [0.3, 0.4) is 0 Å². The molecule has 0 bridgehead atoms. The molecule has 4 heteroatoms. The van der Waals surface area contributed by atoms with Crippen molar-refractivity contribution in [2.45, 2.75) is 31.7 Å². The van der Waals surface area contributed by atoms with Crippen molar-refractivity contribution in [3.8, 4) is 0 Å². The van der Waals surface area contributed by atoms with Gasteiger partial charge in [0.2, 0.25) is 0 Å². The molecule has 0 saturated heterocycles. The molecule has 0 unspecified atom stereocenters. The Morgan fingerprint density at radius 3 is 2.62 bits per heavy atom. The van der Waals surface area contributed by atoms with Crippen LogP contribution in [0.15, 0.2) is 18.2 Å². The van der Waals surface area contributed by atoms with E-state index in [1.807, 2.05) is 0 Å². The van der Waals surface area contributed by atoms with Gasteiger partial charge in [0.1, 0.15) is 0 Å². The van der Waals surface area contributed by atoms with Crippen LogP contribution in [0.5, 0.6) is 0 Å². The summed E-state index contributed by atoms with van der Waals surface area (Å²) in [6, 6.07) is 5.13. The average Bonchev–Trinajstić information content (AvgIpc) is 2.15. The summed E-state index contributed by atoms with van der Waals surface area (Å²) in [5.74, 6) is -0.426. The van der Waals surface area contributed by atoms with Crippen LogP contribution in [0, 0.1) is 0 Å². The molecule has 0 radical (unpaired) electrons. The number of rotatable bonds is 3. The van der Waals surface area contributed by atoms with Gasteiger partial charge in [0, 0.05) is 16.9 Å². The number of primary amides is 1. The number of anilines is 2.